The van der Waals surface area contributed by atoms with Gasteiger partial charge in [0, 0.05) is 12.6 Å². The number of carbonyl (C=O) groups is 5. The molecule has 1 aliphatic heterocycles. The molecule has 0 bridgehead atoms. The lowest BCUT2D eigenvalue weighted by Gasteiger charge is -2.36. The predicted molar refractivity (Wildman–Crippen MR) is 166 cm³/mol. The molecule has 0 saturated carbocycles. The standard InChI is InChI=1S/C34H40FNO11/c1-6-30(39)46-20-34(2,3)31(40)32(41)36-16-8-7-9-24(36)33(42)47-25(14-10-21-11-15-26(43-4)28(17-21)44-5)22-12-13-23(35)27(18-22)45-19-29(37)38/h6,11-13,15,17-18,24-25H,1,7-10,14,16,19-20H2,2-5H3,(H,37,38)/t24?,25-/m1/s1. The minimum atomic E-state index is -1.37. The van der Waals surface area contributed by atoms with Gasteiger partial charge in [-0.25, -0.2) is 18.8 Å². The maximum atomic E-state index is 14.5. The number of hydrogen-bond donors (Lipinski definition) is 1. The van der Waals surface area contributed by atoms with Crippen molar-refractivity contribution < 1.29 is 57.2 Å². The molecule has 1 aliphatic rings. The van der Waals surface area contributed by atoms with E-state index in [-0.39, 0.29) is 31.7 Å². The fourth-order valence-electron chi connectivity index (χ4n) is 5.03. The van der Waals surface area contributed by atoms with Crippen LogP contribution in [0.25, 0.3) is 0 Å². The number of Topliss-reactive ketones (excluding diaryl/α,β-unsaturated/α-hetero) is 1. The number of piperidine rings is 1. The lowest BCUT2D eigenvalue weighted by Crippen LogP contribution is -2.53. The van der Waals surface area contributed by atoms with Crippen molar-refractivity contribution in [2.75, 3.05) is 34.0 Å². The van der Waals surface area contributed by atoms with Crippen molar-refractivity contribution in [2.24, 2.45) is 5.41 Å². The summed E-state index contributed by atoms with van der Waals surface area (Å²) in [5.74, 6) is -4.67. The fourth-order valence-corrected chi connectivity index (χ4v) is 5.03. The molecular formula is C34H40FNO11. The van der Waals surface area contributed by atoms with Gasteiger partial charge in [0.15, 0.2) is 29.7 Å². The van der Waals surface area contributed by atoms with Crippen molar-refractivity contribution in [1.29, 1.82) is 0 Å². The number of hydrogen-bond acceptors (Lipinski definition) is 10. The Morgan fingerprint density at radius 1 is 1.04 bits per heavy atom. The van der Waals surface area contributed by atoms with Gasteiger partial charge in [-0.2, -0.15) is 0 Å². The molecule has 13 heteroatoms. The number of carbonyl (C=O) groups excluding carboxylic acids is 4. The number of methoxy groups -OCH3 is 2. The van der Waals surface area contributed by atoms with Crippen LogP contribution in [0.4, 0.5) is 4.39 Å². The molecule has 1 fully saturated rings. The number of benzene rings is 2. The monoisotopic (exact) mass is 657 g/mol. The highest BCUT2D eigenvalue weighted by atomic mass is 19.1. The third kappa shape index (κ3) is 9.77. The predicted octanol–water partition coefficient (Wildman–Crippen LogP) is 4.23. The summed E-state index contributed by atoms with van der Waals surface area (Å²) in [5, 5.41) is 9.00. The first kappa shape index (κ1) is 36.5. The summed E-state index contributed by atoms with van der Waals surface area (Å²) >= 11 is 0. The number of rotatable bonds is 16. The number of aryl methyl sites for hydroxylation is 1. The minimum Gasteiger partial charge on any atom is -0.493 e. The zero-order valence-corrected chi connectivity index (χ0v) is 26.9. The molecule has 1 N–H and O–H groups in total. The Hall–Kier alpha value is -4.94. The highest BCUT2D eigenvalue weighted by Crippen LogP contribution is 2.33. The van der Waals surface area contributed by atoms with E-state index >= 15 is 0 Å². The number of nitrogens with zero attached hydrogens (tertiary/aromatic N) is 1. The molecule has 47 heavy (non-hydrogen) atoms. The van der Waals surface area contributed by atoms with E-state index in [1.807, 2.05) is 6.07 Å². The fraction of sp³-hybridized carbons (Fsp3) is 0.441. The second kappa shape index (κ2) is 16.6. The molecule has 2 atom stereocenters. The number of likely N-dealkylation sites (tertiary alicyclic amines) is 1. The Labute approximate surface area is 272 Å². The van der Waals surface area contributed by atoms with Gasteiger partial charge in [-0.1, -0.05) is 18.7 Å². The van der Waals surface area contributed by atoms with Crippen LogP contribution < -0.4 is 14.2 Å². The van der Waals surface area contributed by atoms with E-state index in [1.165, 1.54) is 45.1 Å². The molecule has 1 heterocycles. The molecular weight excluding hydrogens is 617 g/mol. The van der Waals surface area contributed by atoms with Gasteiger partial charge < -0.3 is 33.7 Å². The van der Waals surface area contributed by atoms with Crippen molar-refractivity contribution in [3.63, 3.8) is 0 Å². The molecule has 2 aromatic rings. The molecule has 1 unspecified atom stereocenters. The topological polar surface area (TPSA) is 155 Å². The SMILES string of the molecule is C=CC(=O)OCC(C)(C)C(=O)C(=O)N1CCCCC1C(=O)O[C@H](CCc1ccc(OC)c(OC)c1)c1ccc(F)c(OCC(=O)O)c1. The smallest absolute Gasteiger partial charge is 0.341 e. The molecule has 0 aromatic heterocycles. The lowest BCUT2D eigenvalue weighted by atomic mass is 9.87. The van der Waals surface area contributed by atoms with Crippen LogP contribution in [0.1, 0.15) is 56.8 Å². The summed E-state index contributed by atoms with van der Waals surface area (Å²) < 4.78 is 41.3. The van der Waals surface area contributed by atoms with E-state index in [9.17, 15) is 28.4 Å². The quantitative estimate of drug-likeness (QED) is 0.157. The summed E-state index contributed by atoms with van der Waals surface area (Å²) in [5.41, 5.74) is -0.229. The summed E-state index contributed by atoms with van der Waals surface area (Å²) in [4.78, 5) is 64.2. The second-order valence-corrected chi connectivity index (χ2v) is 11.6. The normalized spacial score (nSPS) is 15.2. The van der Waals surface area contributed by atoms with Crippen LogP contribution in [-0.4, -0.2) is 79.6 Å². The molecule has 1 amide bonds. The zero-order valence-electron chi connectivity index (χ0n) is 26.9. The molecule has 12 nitrogen and oxygen atoms in total. The average Bonchev–Trinajstić information content (AvgIpc) is 3.07. The lowest BCUT2D eigenvalue weighted by molar-refractivity contribution is -0.165. The van der Waals surface area contributed by atoms with Crippen LogP contribution >= 0.6 is 0 Å². The summed E-state index contributed by atoms with van der Waals surface area (Å²) in [7, 11) is 3.01. The van der Waals surface area contributed by atoms with Crippen molar-refractivity contribution in [2.45, 2.75) is 58.1 Å². The third-order valence-electron chi connectivity index (χ3n) is 7.67. The van der Waals surface area contributed by atoms with E-state index in [0.29, 0.717) is 36.3 Å². The van der Waals surface area contributed by atoms with Crippen LogP contribution in [-0.2, 0) is 39.9 Å². The van der Waals surface area contributed by atoms with Crippen molar-refractivity contribution in [3.05, 3.63) is 66.0 Å². The van der Waals surface area contributed by atoms with Gasteiger partial charge in [-0.05, 0) is 81.3 Å². The van der Waals surface area contributed by atoms with E-state index in [2.05, 4.69) is 6.58 Å². The number of ketones is 1. The first-order chi connectivity index (χ1) is 22.3. The number of carboxylic acid groups (broad SMARTS) is 1. The Morgan fingerprint density at radius 2 is 1.77 bits per heavy atom. The largest absolute Gasteiger partial charge is 0.493 e. The number of halogens is 1. The van der Waals surface area contributed by atoms with E-state index in [4.69, 9.17) is 28.8 Å². The maximum absolute atomic E-state index is 14.5. The Kier molecular flexibility index (Phi) is 12.9. The molecule has 3 rings (SSSR count). The third-order valence-corrected chi connectivity index (χ3v) is 7.67. The highest BCUT2D eigenvalue weighted by molar-refractivity contribution is 6.38. The molecule has 0 aliphatic carbocycles. The average molecular weight is 658 g/mol. The molecule has 254 valence electrons. The van der Waals surface area contributed by atoms with Gasteiger partial charge in [0.25, 0.3) is 5.91 Å². The Morgan fingerprint density at radius 3 is 2.43 bits per heavy atom. The number of amides is 1. The van der Waals surface area contributed by atoms with Crippen molar-refractivity contribution in [3.8, 4) is 17.2 Å². The molecule has 0 spiro atoms. The first-order valence-electron chi connectivity index (χ1n) is 15.0. The molecule has 2 aromatic carbocycles. The van der Waals surface area contributed by atoms with E-state index in [0.717, 1.165) is 17.7 Å². The molecule has 0 radical (unpaired) electrons. The van der Waals surface area contributed by atoms with Gasteiger partial charge in [-0.15, -0.1) is 0 Å². The highest BCUT2D eigenvalue weighted by Gasteiger charge is 2.42. The molecule has 1 saturated heterocycles. The Balaban J connectivity index is 1.88. The number of ether oxygens (including phenoxy) is 5. The van der Waals surface area contributed by atoms with Gasteiger partial charge in [0.2, 0.25) is 5.78 Å². The summed E-state index contributed by atoms with van der Waals surface area (Å²) in [6.45, 7) is 5.22. The Bertz CT molecular complexity index is 1490. The minimum absolute atomic E-state index is 0.132. The second-order valence-electron chi connectivity index (χ2n) is 11.6. The number of esters is 2. The zero-order chi connectivity index (χ0) is 34.7. The van der Waals surface area contributed by atoms with Crippen molar-refractivity contribution in [1.82, 2.24) is 4.90 Å². The summed E-state index contributed by atoms with van der Waals surface area (Å²) in [6, 6.07) is 7.98. The maximum Gasteiger partial charge on any atom is 0.341 e. The van der Waals surface area contributed by atoms with Crippen LogP contribution in [0.2, 0.25) is 0 Å². The summed E-state index contributed by atoms with van der Waals surface area (Å²) in [6.07, 6.45) is 1.92. The van der Waals surface area contributed by atoms with E-state index < -0.39 is 59.6 Å². The van der Waals surface area contributed by atoms with Crippen LogP contribution in [0.3, 0.4) is 0 Å². The number of aliphatic carboxylic acids is 1. The first-order valence-corrected chi connectivity index (χ1v) is 15.0. The van der Waals surface area contributed by atoms with Crippen molar-refractivity contribution >= 4 is 29.6 Å². The van der Waals surface area contributed by atoms with Gasteiger partial charge in [-0.3, -0.25) is 9.59 Å². The van der Waals surface area contributed by atoms with Gasteiger partial charge in [0.05, 0.1) is 19.6 Å². The van der Waals surface area contributed by atoms with Gasteiger partial charge >= 0.3 is 17.9 Å². The van der Waals surface area contributed by atoms with Crippen LogP contribution in [0, 0.1) is 11.2 Å². The van der Waals surface area contributed by atoms with Crippen LogP contribution in [0.15, 0.2) is 49.1 Å². The van der Waals surface area contributed by atoms with E-state index in [1.54, 1.807) is 12.1 Å². The van der Waals surface area contributed by atoms with Crippen LogP contribution in [0.5, 0.6) is 17.2 Å². The van der Waals surface area contributed by atoms with Gasteiger partial charge in [0.1, 0.15) is 18.8 Å². The number of carboxylic acids is 1.